The first kappa shape index (κ1) is 24.5. The van der Waals surface area contributed by atoms with E-state index in [-0.39, 0.29) is 11.8 Å². The van der Waals surface area contributed by atoms with Crippen molar-refractivity contribution in [3.8, 4) is 11.5 Å². The Morgan fingerprint density at radius 2 is 1.86 bits per heavy atom. The molecular weight excluding hydrogens is 462 g/mol. The molecule has 0 saturated carbocycles. The maximum atomic E-state index is 13.0. The van der Waals surface area contributed by atoms with Crippen molar-refractivity contribution in [1.29, 1.82) is 0 Å². The molecule has 1 aliphatic heterocycles. The van der Waals surface area contributed by atoms with Crippen LogP contribution in [0.5, 0.6) is 11.5 Å². The highest BCUT2D eigenvalue weighted by molar-refractivity contribution is 7.09. The molecule has 0 aliphatic carbocycles. The van der Waals surface area contributed by atoms with Crippen LogP contribution >= 0.6 is 11.3 Å². The molecule has 2 amide bonds. The number of thiazole rings is 1. The molecule has 0 N–H and O–H groups in total. The first-order valence-electron chi connectivity index (χ1n) is 11.6. The SMILES string of the molecule is COc1ccccc1C(=O)N1CCCN(C(=O)C=Cc2cccc(OCc3csc(C)n3)c2)CC1. The zero-order valence-corrected chi connectivity index (χ0v) is 20.8. The van der Waals surface area contributed by atoms with Crippen LogP contribution in [0.25, 0.3) is 6.08 Å². The number of carbonyl (C=O) groups excluding carboxylic acids is 2. The van der Waals surface area contributed by atoms with Gasteiger partial charge >= 0.3 is 0 Å². The van der Waals surface area contributed by atoms with E-state index < -0.39 is 0 Å². The Labute approximate surface area is 209 Å². The third kappa shape index (κ3) is 6.48. The second kappa shape index (κ2) is 11.7. The smallest absolute Gasteiger partial charge is 0.257 e. The summed E-state index contributed by atoms with van der Waals surface area (Å²) in [4.78, 5) is 33.8. The average Bonchev–Trinajstić information content (AvgIpc) is 3.15. The van der Waals surface area contributed by atoms with E-state index in [4.69, 9.17) is 9.47 Å². The maximum Gasteiger partial charge on any atom is 0.257 e. The highest BCUT2D eigenvalue weighted by Crippen LogP contribution is 2.21. The number of nitrogens with zero attached hydrogens (tertiary/aromatic N) is 3. The fraction of sp³-hybridized carbons (Fsp3) is 0.296. The topological polar surface area (TPSA) is 72.0 Å². The number of ether oxygens (including phenoxy) is 2. The number of methoxy groups -OCH3 is 1. The number of para-hydroxylation sites is 1. The summed E-state index contributed by atoms with van der Waals surface area (Å²) in [7, 11) is 1.56. The van der Waals surface area contributed by atoms with Gasteiger partial charge in [-0.1, -0.05) is 24.3 Å². The van der Waals surface area contributed by atoms with Crippen LogP contribution in [0, 0.1) is 6.92 Å². The number of aromatic nitrogens is 1. The Kier molecular flexibility index (Phi) is 8.15. The quantitative estimate of drug-likeness (QED) is 0.458. The monoisotopic (exact) mass is 491 g/mol. The van der Waals surface area contributed by atoms with Crippen molar-refractivity contribution in [3.63, 3.8) is 0 Å². The van der Waals surface area contributed by atoms with Crippen LogP contribution in [0.4, 0.5) is 0 Å². The second-order valence-corrected chi connectivity index (χ2v) is 9.29. The molecule has 0 unspecified atom stereocenters. The summed E-state index contributed by atoms with van der Waals surface area (Å²) < 4.78 is 11.2. The van der Waals surface area contributed by atoms with Crippen molar-refractivity contribution in [1.82, 2.24) is 14.8 Å². The van der Waals surface area contributed by atoms with Gasteiger partial charge in [-0.15, -0.1) is 11.3 Å². The lowest BCUT2D eigenvalue weighted by Crippen LogP contribution is -2.36. The Bertz CT molecular complexity index is 1210. The first-order chi connectivity index (χ1) is 17.0. The zero-order valence-electron chi connectivity index (χ0n) is 20.0. The normalized spacial score (nSPS) is 14.1. The van der Waals surface area contributed by atoms with Crippen molar-refractivity contribution in [3.05, 3.63) is 81.8 Å². The van der Waals surface area contributed by atoms with Gasteiger partial charge in [0.15, 0.2) is 0 Å². The fourth-order valence-electron chi connectivity index (χ4n) is 3.95. The van der Waals surface area contributed by atoms with E-state index in [2.05, 4.69) is 4.98 Å². The average molecular weight is 492 g/mol. The third-order valence-electron chi connectivity index (χ3n) is 5.76. The largest absolute Gasteiger partial charge is 0.496 e. The van der Waals surface area contributed by atoms with Gasteiger partial charge < -0.3 is 19.3 Å². The molecule has 182 valence electrons. The van der Waals surface area contributed by atoms with Gasteiger partial charge in [0.25, 0.3) is 5.91 Å². The summed E-state index contributed by atoms with van der Waals surface area (Å²) in [5.41, 5.74) is 2.33. The zero-order chi connectivity index (χ0) is 24.6. The summed E-state index contributed by atoms with van der Waals surface area (Å²) in [6.45, 7) is 4.55. The number of rotatable bonds is 7. The van der Waals surface area contributed by atoms with Crippen LogP contribution in [0.2, 0.25) is 0 Å². The molecule has 8 heteroatoms. The second-order valence-electron chi connectivity index (χ2n) is 8.22. The summed E-state index contributed by atoms with van der Waals surface area (Å²) in [5.74, 6) is 1.15. The van der Waals surface area contributed by atoms with Gasteiger partial charge in [0, 0.05) is 37.6 Å². The minimum Gasteiger partial charge on any atom is -0.496 e. The van der Waals surface area contributed by atoms with E-state index in [1.54, 1.807) is 52.5 Å². The Balaban J connectivity index is 1.33. The molecule has 35 heavy (non-hydrogen) atoms. The van der Waals surface area contributed by atoms with Crippen LogP contribution in [-0.2, 0) is 11.4 Å². The van der Waals surface area contributed by atoms with Crippen LogP contribution in [0.15, 0.2) is 60.0 Å². The predicted molar refractivity (Wildman–Crippen MR) is 137 cm³/mol. The van der Waals surface area contributed by atoms with E-state index in [1.165, 1.54) is 0 Å². The van der Waals surface area contributed by atoms with Gasteiger partial charge in [-0.25, -0.2) is 4.98 Å². The van der Waals surface area contributed by atoms with Crippen molar-refractivity contribution < 1.29 is 19.1 Å². The van der Waals surface area contributed by atoms with Gasteiger partial charge in [-0.2, -0.15) is 0 Å². The minimum absolute atomic E-state index is 0.0686. The lowest BCUT2D eigenvalue weighted by atomic mass is 10.1. The molecule has 4 rings (SSSR count). The van der Waals surface area contributed by atoms with Gasteiger partial charge in [0.2, 0.25) is 5.91 Å². The molecule has 7 nitrogen and oxygen atoms in total. The molecule has 2 aromatic carbocycles. The molecule has 1 saturated heterocycles. The summed E-state index contributed by atoms with van der Waals surface area (Å²) in [6.07, 6.45) is 4.10. The molecule has 0 bridgehead atoms. The molecule has 1 aliphatic rings. The van der Waals surface area contributed by atoms with Gasteiger partial charge in [-0.3, -0.25) is 9.59 Å². The Morgan fingerprint density at radius 3 is 2.66 bits per heavy atom. The molecule has 2 heterocycles. The molecule has 3 aromatic rings. The van der Waals surface area contributed by atoms with Crippen molar-refractivity contribution >= 4 is 29.2 Å². The fourth-order valence-corrected chi connectivity index (χ4v) is 4.54. The number of aryl methyl sites for hydroxylation is 1. The van der Waals surface area contributed by atoms with Crippen LogP contribution < -0.4 is 9.47 Å². The Morgan fingerprint density at radius 1 is 1.06 bits per heavy atom. The molecular formula is C27H29N3O4S. The standard InChI is InChI=1S/C27H29N3O4S/c1-20-28-22(19-35-20)18-34-23-8-5-7-21(17-23)11-12-26(31)29-13-6-14-30(16-15-29)27(32)24-9-3-4-10-25(24)33-2/h3-5,7-12,17,19H,6,13-16,18H2,1-2H3. The van der Waals surface area contributed by atoms with E-state index in [9.17, 15) is 9.59 Å². The number of hydrogen-bond donors (Lipinski definition) is 0. The highest BCUT2D eigenvalue weighted by atomic mass is 32.1. The predicted octanol–water partition coefficient (Wildman–Crippen LogP) is 4.43. The molecule has 1 fully saturated rings. The Hall–Kier alpha value is -3.65. The lowest BCUT2D eigenvalue weighted by Gasteiger charge is -2.22. The lowest BCUT2D eigenvalue weighted by molar-refractivity contribution is -0.125. The van der Waals surface area contributed by atoms with Crippen molar-refractivity contribution in [2.45, 2.75) is 20.0 Å². The maximum absolute atomic E-state index is 13.0. The van der Waals surface area contributed by atoms with Gasteiger partial charge in [0.1, 0.15) is 18.1 Å². The number of benzene rings is 2. The summed E-state index contributed by atoms with van der Waals surface area (Å²) >= 11 is 1.60. The van der Waals surface area contributed by atoms with E-state index in [1.807, 2.05) is 48.7 Å². The van der Waals surface area contributed by atoms with Crippen LogP contribution in [0.3, 0.4) is 0 Å². The molecule has 0 spiro atoms. The van der Waals surface area contributed by atoms with Gasteiger partial charge in [0.05, 0.1) is 23.4 Å². The van der Waals surface area contributed by atoms with Crippen LogP contribution in [-0.4, -0.2) is 59.9 Å². The molecule has 0 radical (unpaired) electrons. The molecule has 1 aromatic heterocycles. The molecule has 0 atom stereocenters. The number of amides is 2. The summed E-state index contributed by atoms with van der Waals surface area (Å²) in [6, 6.07) is 14.8. The van der Waals surface area contributed by atoms with E-state index >= 15 is 0 Å². The minimum atomic E-state index is -0.0723. The van der Waals surface area contributed by atoms with Crippen molar-refractivity contribution in [2.75, 3.05) is 33.3 Å². The van der Waals surface area contributed by atoms with E-state index in [0.717, 1.165) is 28.4 Å². The summed E-state index contributed by atoms with van der Waals surface area (Å²) in [5, 5.41) is 3.00. The number of carbonyl (C=O) groups is 2. The highest BCUT2D eigenvalue weighted by Gasteiger charge is 2.23. The van der Waals surface area contributed by atoms with Crippen LogP contribution in [0.1, 0.15) is 33.0 Å². The first-order valence-corrected chi connectivity index (χ1v) is 12.4. The van der Waals surface area contributed by atoms with Gasteiger partial charge in [-0.05, 0) is 49.2 Å². The third-order valence-corrected chi connectivity index (χ3v) is 6.58. The van der Waals surface area contributed by atoms with Crippen molar-refractivity contribution in [2.24, 2.45) is 0 Å². The number of hydrogen-bond acceptors (Lipinski definition) is 6. The van der Waals surface area contributed by atoms with E-state index in [0.29, 0.717) is 44.1 Å².